The topological polar surface area (TPSA) is 108 Å². The average Bonchev–Trinajstić information content (AvgIpc) is 3.14. The molecule has 1 N–H and O–H groups in total. The van der Waals surface area contributed by atoms with E-state index in [-0.39, 0.29) is 4.90 Å². The van der Waals surface area contributed by atoms with Crippen LogP contribution in [0.4, 0.5) is 5.69 Å². The van der Waals surface area contributed by atoms with Gasteiger partial charge in [-0.2, -0.15) is 9.57 Å². The van der Waals surface area contributed by atoms with Crippen molar-refractivity contribution in [1.82, 2.24) is 13.9 Å². The number of hydrogen-bond acceptors (Lipinski definition) is 6. The van der Waals surface area contributed by atoms with E-state index in [1.54, 1.807) is 30.6 Å². The zero-order chi connectivity index (χ0) is 22.6. The van der Waals surface area contributed by atoms with E-state index in [0.717, 1.165) is 9.46 Å². The van der Waals surface area contributed by atoms with Gasteiger partial charge in [0, 0.05) is 36.4 Å². The maximum absolute atomic E-state index is 12.7. The third-order valence-electron chi connectivity index (χ3n) is 4.25. The van der Waals surface area contributed by atoms with Gasteiger partial charge in [-0.3, -0.25) is 4.79 Å². The van der Waals surface area contributed by atoms with Crippen molar-refractivity contribution < 1.29 is 13.2 Å². The average molecular weight is 476 g/mol. The van der Waals surface area contributed by atoms with Crippen LogP contribution in [-0.4, -0.2) is 41.8 Å². The van der Waals surface area contributed by atoms with Gasteiger partial charge in [0.15, 0.2) is 5.16 Å². The van der Waals surface area contributed by atoms with Gasteiger partial charge < -0.3 is 9.88 Å². The number of rotatable bonds is 7. The van der Waals surface area contributed by atoms with Gasteiger partial charge in [-0.15, -0.1) is 0 Å². The molecule has 0 bridgehead atoms. The fraction of sp³-hybridized carbons (Fsp3) is 0.150. The van der Waals surface area contributed by atoms with E-state index in [0.29, 0.717) is 21.2 Å². The number of imidazole rings is 1. The van der Waals surface area contributed by atoms with E-state index >= 15 is 0 Å². The normalized spacial score (nSPS) is 11.3. The molecular weight excluding hydrogens is 458 g/mol. The molecule has 1 heterocycles. The van der Waals surface area contributed by atoms with Crippen molar-refractivity contribution in [3.05, 3.63) is 65.4 Å². The minimum absolute atomic E-state index is 0.00409. The van der Waals surface area contributed by atoms with Crippen molar-refractivity contribution in [1.29, 1.82) is 5.26 Å². The second-order valence-electron chi connectivity index (χ2n) is 6.51. The molecule has 1 amide bonds. The summed E-state index contributed by atoms with van der Waals surface area (Å²) in [7, 11) is -0.730. The highest BCUT2D eigenvalue weighted by molar-refractivity contribution is 7.99. The fourth-order valence-electron chi connectivity index (χ4n) is 2.60. The summed E-state index contributed by atoms with van der Waals surface area (Å²) in [6.07, 6.45) is 3.47. The minimum atomic E-state index is -3.90. The third kappa shape index (κ3) is 5.45. The molecule has 0 aliphatic rings. The first kappa shape index (κ1) is 22.8. The minimum Gasteiger partial charge on any atom is -0.329 e. The molecule has 0 fully saturated rings. The van der Waals surface area contributed by atoms with Gasteiger partial charge in [0.2, 0.25) is 15.9 Å². The summed E-state index contributed by atoms with van der Waals surface area (Å²) < 4.78 is 28.2. The van der Waals surface area contributed by atoms with Crippen LogP contribution in [0.25, 0.3) is 0 Å². The highest BCUT2D eigenvalue weighted by atomic mass is 35.5. The van der Waals surface area contributed by atoms with E-state index in [4.69, 9.17) is 16.9 Å². The lowest BCUT2D eigenvalue weighted by molar-refractivity contribution is -0.116. The Labute approximate surface area is 189 Å². The molecule has 160 valence electrons. The largest absolute Gasteiger partial charge is 0.329 e. The molecular formula is C20H18ClN5O3S2. The number of carbonyl (C=O) groups is 1. The molecule has 0 atom stereocenters. The molecule has 3 rings (SSSR count). The molecule has 1 aromatic heterocycles. The number of nitriles is 1. The molecule has 0 unspecified atom stereocenters. The van der Waals surface area contributed by atoms with Gasteiger partial charge in [0.05, 0.1) is 28.8 Å². The van der Waals surface area contributed by atoms with Gasteiger partial charge in [0.1, 0.15) is 0 Å². The molecule has 0 aliphatic heterocycles. The summed E-state index contributed by atoms with van der Waals surface area (Å²) in [5, 5.41) is 12.7. The van der Waals surface area contributed by atoms with Gasteiger partial charge in [-0.25, -0.2) is 13.4 Å². The number of benzene rings is 2. The van der Waals surface area contributed by atoms with Crippen molar-refractivity contribution in [2.45, 2.75) is 14.9 Å². The predicted molar refractivity (Wildman–Crippen MR) is 118 cm³/mol. The zero-order valence-corrected chi connectivity index (χ0v) is 19.0. The summed E-state index contributed by atoms with van der Waals surface area (Å²) in [5.74, 6) is -0.524. The second-order valence-corrected chi connectivity index (χ2v) is 10.00. The first-order valence-corrected chi connectivity index (χ1v) is 11.6. The van der Waals surface area contributed by atoms with E-state index < -0.39 is 22.5 Å². The highest BCUT2D eigenvalue weighted by Gasteiger charge is 2.23. The first-order valence-electron chi connectivity index (χ1n) is 8.92. The molecule has 31 heavy (non-hydrogen) atoms. The van der Waals surface area contributed by atoms with Crippen LogP contribution in [0.2, 0.25) is 5.02 Å². The van der Waals surface area contributed by atoms with Crippen LogP contribution >= 0.6 is 23.4 Å². The van der Waals surface area contributed by atoms with Crippen LogP contribution < -0.4 is 5.32 Å². The van der Waals surface area contributed by atoms with Crippen molar-refractivity contribution in [3.8, 4) is 6.07 Å². The van der Waals surface area contributed by atoms with Crippen LogP contribution in [0, 0.1) is 11.3 Å². The lowest BCUT2D eigenvalue weighted by Crippen LogP contribution is -2.35. The molecule has 0 saturated carbocycles. The van der Waals surface area contributed by atoms with Gasteiger partial charge in [-0.05, 0) is 54.2 Å². The Balaban J connectivity index is 1.74. The monoisotopic (exact) mass is 475 g/mol. The van der Waals surface area contributed by atoms with Crippen molar-refractivity contribution in [2.24, 2.45) is 7.05 Å². The number of amides is 1. The number of anilines is 1. The van der Waals surface area contributed by atoms with E-state index in [1.165, 1.54) is 43.1 Å². The van der Waals surface area contributed by atoms with Gasteiger partial charge in [0.25, 0.3) is 0 Å². The summed E-state index contributed by atoms with van der Waals surface area (Å²) in [6.45, 7) is -0.401. The van der Waals surface area contributed by atoms with Gasteiger partial charge in [-0.1, -0.05) is 11.6 Å². The summed E-state index contributed by atoms with van der Waals surface area (Å²) in [5.41, 5.74) is 0.799. The first-order chi connectivity index (χ1) is 14.7. The summed E-state index contributed by atoms with van der Waals surface area (Å²) >= 11 is 7.43. The Morgan fingerprint density at radius 3 is 2.61 bits per heavy atom. The Kier molecular flexibility index (Phi) is 7.02. The number of nitrogens with zero attached hydrogens (tertiary/aromatic N) is 4. The van der Waals surface area contributed by atoms with Gasteiger partial charge >= 0.3 is 0 Å². The smallest absolute Gasteiger partial charge is 0.243 e. The number of sulfonamides is 1. The lowest BCUT2D eigenvalue weighted by Gasteiger charge is -2.18. The van der Waals surface area contributed by atoms with Crippen LogP contribution in [0.15, 0.2) is 69.8 Å². The predicted octanol–water partition coefficient (Wildman–Crippen LogP) is 3.36. The summed E-state index contributed by atoms with van der Waals surface area (Å²) in [4.78, 5) is 17.6. The molecule has 3 aromatic rings. The SMILES string of the molecule is CN(CC(=O)Nc1cc(Cl)ccc1Sc1nccn1C)S(=O)(=O)c1ccc(C#N)cc1. The molecule has 11 heteroatoms. The maximum atomic E-state index is 12.7. The van der Waals surface area contributed by atoms with Crippen LogP contribution in [0.1, 0.15) is 5.56 Å². The maximum Gasteiger partial charge on any atom is 0.243 e. The number of aromatic nitrogens is 2. The number of hydrogen-bond donors (Lipinski definition) is 1. The number of carbonyl (C=O) groups excluding carboxylic acids is 1. The van der Waals surface area contributed by atoms with E-state index in [2.05, 4.69) is 10.3 Å². The number of aryl methyl sites for hydroxylation is 1. The zero-order valence-electron chi connectivity index (χ0n) is 16.6. The summed E-state index contributed by atoms with van der Waals surface area (Å²) in [6, 6.07) is 12.5. The molecule has 0 aliphatic carbocycles. The Morgan fingerprint density at radius 2 is 2.00 bits per heavy atom. The van der Waals surface area contributed by atoms with Crippen LogP contribution in [-0.2, 0) is 21.9 Å². The quantitative estimate of drug-likeness (QED) is 0.561. The highest BCUT2D eigenvalue weighted by Crippen LogP contribution is 2.34. The standard InChI is InChI=1S/C20H18ClN5O3S2/c1-25-10-9-23-20(25)30-18-8-5-15(21)11-17(18)24-19(27)13-26(2)31(28,29)16-6-3-14(12-22)4-7-16/h3-11H,13H2,1-2H3,(H,24,27). The van der Waals surface area contributed by atoms with E-state index in [9.17, 15) is 13.2 Å². The molecule has 0 saturated heterocycles. The number of nitrogens with one attached hydrogen (secondary N) is 1. The fourth-order valence-corrected chi connectivity index (χ4v) is 4.77. The second kappa shape index (κ2) is 9.53. The lowest BCUT2D eigenvalue weighted by atomic mass is 10.2. The number of likely N-dealkylation sites (N-methyl/N-ethyl adjacent to an activating group) is 1. The molecule has 0 radical (unpaired) electrons. The molecule has 8 nitrogen and oxygen atoms in total. The Bertz CT molecular complexity index is 1250. The molecule has 0 spiro atoms. The Morgan fingerprint density at radius 1 is 1.29 bits per heavy atom. The van der Waals surface area contributed by atoms with Crippen molar-refractivity contribution in [3.63, 3.8) is 0 Å². The van der Waals surface area contributed by atoms with Crippen molar-refractivity contribution >= 4 is 45.0 Å². The Hall–Kier alpha value is -2.84. The van der Waals surface area contributed by atoms with E-state index in [1.807, 2.05) is 17.7 Å². The van der Waals surface area contributed by atoms with Crippen molar-refractivity contribution in [2.75, 3.05) is 18.9 Å². The van der Waals surface area contributed by atoms with Crippen LogP contribution in [0.3, 0.4) is 0 Å². The third-order valence-corrected chi connectivity index (χ3v) is 7.46. The van der Waals surface area contributed by atoms with Crippen LogP contribution in [0.5, 0.6) is 0 Å². The number of halogens is 1. The molecule has 2 aromatic carbocycles.